The van der Waals surface area contributed by atoms with E-state index < -0.39 is 0 Å². The minimum atomic E-state index is 0.320. The molecule has 3 heteroatoms. The van der Waals surface area contributed by atoms with E-state index in [0.717, 1.165) is 12.2 Å². The van der Waals surface area contributed by atoms with Crippen LogP contribution in [0.2, 0.25) is 0 Å². The monoisotopic (exact) mass is 258 g/mol. The molecule has 0 fully saturated rings. The average Bonchev–Trinajstić information content (AvgIpc) is 2.90. The van der Waals surface area contributed by atoms with Crippen molar-refractivity contribution in [1.29, 1.82) is 0 Å². The number of nitrogens with one attached hydrogen (secondary N) is 1. The molecule has 0 aliphatic rings. The fourth-order valence-electron chi connectivity index (χ4n) is 2.28. The summed E-state index contributed by atoms with van der Waals surface area (Å²) >= 11 is 0. The number of aromatic nitrogens is 1. The Hall–Kier alpha value is -1.74. The Morgan fingerprint density at radius 2 is 2.11 bits per heavy atom. The SMILES string of the molecule is Cc1ccc(OCC(CCN)c2ccc[nH]2)c(C)c1. The van der Waals surface area contributed by atoms with Gasteiger partial charge in [0.1, 0.15) is 5.75 Å². The highest BCUT2D eigenvalue weighted by molar-refractivity contribution is 5.35. The highest BCUT2D eigenvalue weighted by atomic mass is 16.5. The van der Waals surface area contributed by atoms with Gasteiger partial charge >= 0.3 is 0 Å². The molecule has 0 saturated heterocycles. The summed E-state index contributed by atoms with van der Waals surface area (Å²) in [5, 5.41) is 0. The van der Waals surface area contributed by atoms with E-state index in [2.05, 4.69) is 37.0 Å². The van der Waals surface area contributed by atoms with Gasteiger partial charge in [-0.25, -0.2) is 0 Å². The van der Waals surface area contributed by atoms with Gasteiger partial charge in [0.25, 0.3) is 0 Å². The molecule has 1 aromatic carbocycles. The highest BCUT2D eigenvalue weighted by Crippen LogP contribution is 2.23. The minimum Gasteiger partial charge on any atom is -0.493 e. The van der Waals surface area contributed by atoms with Crippen molar-refractivity contribution in [3.05, 3.63) is 53.3 Å². The maximum absolute atomic E-state index is 5.95. The van der Waals surface area contributed by atoms with Crippen molar-refractivity contribution in [2.24, 2.45) is 5.73 Å². The first-order chi connectivity index (χ1) is 9.20. The summed E-state index contributed by atoms with van der Waals surface area (Å²) in [5.74, 6) is 1.28. The van der Waals surface area contributed by atoms with Gasteiger partial charge in [-0.1, -0.05) is 17.7 Å². The standard InChI is InChI=1S/C16H22N2O/c1-12-5-6-16(13(2)10-12)19-11-14(7-8-17)15-4-3-9-18-15/h3-6,9-10,14,18H,7-8,11,17H2,1-2H3. The molecule has 102 valence electrons. The summed E-state index contributed by atoms with van der Waals surface area (Å²) in [6.07, 6.45) is 2.86. The predicted octanol–water partition coefficient (Wildman–Crippen LogP) is 3.14. The van der Waals surface area contributed by atoms with E-state index in [1.165, 1.54) is 16.8 Å². The molecule has 0 amide bonds. The molecule has 19 heavy (non-hydrogen) atoms. The van der Waals surface area contributed by atoms with Crippen LogP contribution in [0, 0.1) is 13.8 Å². The lowest BCUT2D eigenvalue weighted by Crippen LogP contribution is -2.15. The van der Waals surface area contributed by atoms with Crippen LogP contribution in [0.1, 0.15) is 29.2 Å². The molecular weight excluding hydrogens is 236 g/mol. The fourth-order valence-corrected chi connectivity index (χ4v) is 2.28. The number of nitrogens with two attached hydrogens (primary N) is 1. The summed E-state index contributed by atoms with van der Waals surface area (Å²) in [6.45, 7) is 5.49. The van der Waals surface area contributed by atoms with Crippen LogP contribution in [0.3, 0.4) is 0 Å². The van der Waals surface area contributed by atoms with Gasteiger partial charge in [-0.3, -0.25) is 0 Å². The van der Waals surface area contributed by atoms with Crippen LogP contribution >= 0.6 is 0 Å². The summed E-state index contributed by atoms with van der Waals surface area (Å²) in [5.41, 5.74) is 9.31. The molecule has 1 heterocycles. The summed E-state index contributed by atoms with van der Waals surface area (Å²) in [4.78, 5) is 3.25. The van der Waals surface area contributed by atoms with Gasteiger partial charge in [0.2, 0.25) is 0 Å². The van der Waals surface area contributed by atoms with Crippen LogP contribution in [0.4, 0.5) is 0 Å². The molecule has 2 rings (SSSR count). The molecule has 0 aliphatic carbocycles. The third kappa shape index (κ3) is 3.61. The van der Waals surface area contributed by atoms with Gasteiger partial charge in [0.05, 0.1) is 6.61 Å². The van der Waals surface area contributed by atoms with Crippen molar-refractivity contribution >= 4 is 0 Å². The fraction of sp³-hybridized carbons (Fsp3) is 0.375. The number of ether oxygens (including phenoxy) is 1. The second-order valence-electron chi connectivity index (χ2n) is 4.98. The molecule has 1 unspecified atom stereocenters. The zero-order valence-electron chi connectivity index (χ0n) is 11.6. The van der Waals surface area contributed by atoms with E-state index in [1.807, 2.05) is 18.3 Å². The quantitative estimate of drug-likeness (QED) is 0.836. The first-order valence-corrected chi connectivity index (χ1v) is 6.74. The molecule has 0 aliphatic heterocycles. The number of H-pyrrole nitrogens is 1. The summed E-state index contributed by atoms with van der Waals surface area (Å²) < 4.78 is 5.95. The van der Waals surface area contributed by atoms with E-state index in [1.54, 1.807) is 0 Å². The highest BCUT2D eigenvalue weighted by Gasteiger charge is 2.13. The van der Waals surface area contributed by atoms with Crippen molar-refractivity contribution in [3.8, 4) is 5.75 Å². The maximum atomic E-state index is 5.95. The number of hydrogen-bond acceptors (Lipinski definition) is 2. The van der Waals surface area contributed by atoms with Crippen molar-refractivity contribution in [2.75, 3.05) is 13.2 Å². The molecule has 3 nitrogen and oxygen atoms in total. The molecule has 1 aromatic heterocycles. The maximum Gasteiger partial charge on any atom is 0.122 e. The number of rotatable bonds is 6. The molecule has 1 atom stereocenters. The number of benzene rings is 1. The van der Waals surface area contributed by atoms with Crippen LogP contribution < -0.4 is 10.5 Å². The Morgan fingerprint density at radius 1 is 1.26 bits per heavy atom. The number of aromatic amines is 1. The van der Waals surface area contributed by atoms with E-state index >= 15 is 0 Å². The van der Waals surface area contributed by atoms with Gasteiger partial charge in [0.15, 0.2) is 0 Å². The van der Waals surface area contributed by atoms with Crippen LogP contribution in [-0.4, -0.2) is 18.1 Å². The molecule has 0 bridgehead atoms. The molecular formula is C16H22N2O. The average molecular weight is 258 g/mol. The third-order valence-electron chi connectivity index (χ3n) is 3.35. The Bertz CT molecular complexity index is 505. The zero-order valence-corrected chi connectivity index (χ0v) is 11.6. The van der Waals surface area contributed by atoms with Gasteiger partial charge in [-0.2, -0.15) is 0 Å². The van der Waals surface area contributed by atoms with Crippen LogP contribution in [0.15, 0.2) is 36.5 Å². The Balaban J connectivity index is 2.02. The lowest BCUT2D eigenvalue weighted by atomic mass is 10.0. The molecule has 2 aromatic rings. The lowest BCUT2D eigenvalue weighted by Gasteiger charge is -2.17. The van der Waals surface area contributed by atoms with Gasteiger partial charge in [-0.15, -0.1) is 0 Å². The second-order valence-corrected chi connectivity index (χ2v) is 4.98. The summed E-state index contributed by atoms with van der Waals surface area (Å²) in [7, 11) is 0. The van der Waals surface area contributed by atoms with Crippen molar-refractivity contribution in [1.82, 2.24) is 4.98 Å². The van der Waals surface area contributed by atoms with Crippen LogP contribution in [0.5, 0.6) is 5.75 Å². The van der Waals surface area contributed by atoms with Crippen molar-refractivity contribution in [2.45, 2.75) is 26.2 Å². The van der Waals surface area contributed by atoms with E-state index in [4.69, 9.17) is 10.5 Å². The van der Waals surface area contributed by atoms with E-state index in [9.17, 15) is 0 Å². The van der Waals surface area contributed by atoms with Gasteiger partial charge in [0, 0.05) is 17.8 Å². The first-order valence-electron chi connectivity index (χ1n) is 6.74. The number of aryl methyl sites for hydroxylation is 2. The van der Waals surface area contributed by atoms with Crippen LogP contribution in [-0.2, 0) is 0 Å². The molecule has 3 N–H and O–H groups in total. The topological polar surface area (TPSA) is 51.0 Å². The molecule has 0 spiro atoms. The Kier molecular flexibility index (Phi) is 4.63. The van der Waals surface area contributed by atoms with Crippen LogP contribution in [0.25, 0.3) is 0 Å². The first kappa shape index (κ1) is 13.7. The lowest BCUT2D eigenvalue weighted by molar-refractivity contribution is 0.279. The summed E-state index contributed by atoms with van der Waals surface area (Å²) in [6, 6.07) is 10.4. The van der Waals surface area contributed by atoms with E-state index in [0.29, 0.717) is 19.1 Å². The van der Waals surface area contributed by atoms with Gasteiger partial charge in [-0.05, 0) is 50.6 Å². The minimum absolute atomic E-state index is 0.320. The Labute approximate surface area is 114 Å². The normalized spacial score (nSPS) is 12.4. The largest absolute Gasteiger partial charge is 0.493 e. The number of hydrogen-bond donors (Lipinski definition) is 2. The Morgan fingerprint density at radius 3 is 2.74 bits per heavy atom. The third-order valence-corrected chi connectivity index (χ3v) is 3.35. The van der Waals surface area contributed by atoms with Crippen molar-refractivity contribution in [3.63, 3.8) is 0 Å². The second kappa shape index (κ2) is 6.43. The smallest absolute Gasteiger partial charge is 0.122 e. The molecule has 0 saturated carbocycles. The zero-order chi connectivity index (χ0) is 13.7. The van der Waals surface area contributed by atoms with E-state index in [-0.39, 0.29) is 0 Å². The predicted molar refractivity (Wildman–Crippen MR) is 78.6 cm³/mol. The molecule has 0 radical (unpaired) electrons. The van der Waals surface area contributed by atoms with Gasteiger partial charge < -0.3 is 15.5 Å². The van der Waals surface area contributed by atoms with Crippen molar-refractivity contribution < 1.29 is 4.74 Å².